The SMILES string of the molecule is COC(=O)C1=C(C(=O)OC)C2C(C)=C(C)C1P2c1ccccc1C#Cc1ccc(OC)cc1. The second kappa shape index (κ2) is 9.25. The lowest BCUT2D eigenvalue weighted by molar-refractivity contribution is -0.139. The third-order valence-corrected chi connectivity index (χ3v) is 9.61. The molecule has 4 rings (SSSR count). The number of carbonyl (C=O) groups is 2. The van der Waals surface area contributed by atoms with Gasteiger partial charge in [-0.15, -0.1) is 0 Å². The van der Waals surface area contributed by atoms with Crippen LogP contribution in [0.15, 0.2) is 70.8 Å². The molecule has 33 heavy (non-hydrogen) atoms. The number of carbonyl (C=O) groups excluding carboxylic acids is 2. The van der Waals surface area contributed by atoms with Crippen LogP contribution < -0.4 is 10.0 Å². The summed E-state index contributed by atoms with van der Waals surface area (Å²) in [7, 11) is 3.36. The monoisotopic (exact) mass is 460 g/mol. The predicted octanol–water partition coefficient (Wildman–Crippen LogP) is 3.95. The molecular weight excluding hydrogens is 435 g/mol. The van der Waals surface area contributed by atoms with Gasteiger partial charge in [0.2, 0.25) is 0 Å². The first-order valence-electron chi connectivity index (χ1n) is 10.5. The Morgan fingerprint density at radius 2 is 1.33 bits per heavy atom. The van der Waals surface area contributed by atoms with Gasteiger partial charge >= 0.3 is 11.9 Å². The Labute approximate surface area is 195 Å². The first-order chi connectivity index (χ1) is 15.9. The van der Waals surface area contributed by atoms with Crippen LogP contribution in [-0.2, 0) is 19.1 Å². The van der Waals surface area contributed by atoms with E-state index in [-0.39, 0.29) is 11.3 Å². The molecule has 0 aliphatic carbocycles. The van der Waals surface area contributed by atoms with Crippen LogP contribution in [0.3, 0.4) is 0 Å². The molecule has 0 amide bonds. The molecule has 2 aliphatic heterocycles. The molecule has 0 saturated carbocycles. The van der Waals surface area contributed by atoms with E-state index in [1.54, 1.807) is 7.11 Å². The average molecular weight is 460 g/mol. The summed E-state index contributed by atoms with van der Waals surface area (Å²) in [5.74, 6) is 6.39. The number of benzene rings is 2. The molecule has 2 bridgehead atoms. The van der Waals surface area contributed by atoms with Gasteiger partial charge in [-0.3, -0.25) is 0 Å². The highest BCUT2D eigenvalue weighted by Crippen LogP contribution is 2.67. The van der Waals surface area contributed by atoms with Crippen LogP contribution >= 0.6 is 7.92 Å². The summed E-state index contributed by atoms with van der Waals surface area (Å²) < 4.78 is 15.4. The number of fused-ring (bicyclic) bond motifs is 2. The highest BCUT2D eigenvalue weighted by Gasteiger charge is 2.55. The van der Waals surface area contributed by atoms with Gasteiger partial charge in [0, 0.05) is 22.4 Å². The highest BCUT2D eigenvalue weighted by atomic mass is 31.1. The molecule has 5 nitrogen and oxygen atoms in total. The second-order valence-corrected chi connectivity index (χ2v) is 10.2. The smallest absolute Gasteiger partial charge is 0.335 e. The van der Waals surface area contributed by atoms with Crippen molar-refractivity contribution in [3.63, 3.8) is 0 Å². The minimum absolute atomic E-state index is 0.185. The maximum atomic E-state index is 12.8. The van der Waals surface area contributed by atoms with Crippen LogP contribution in [0.4, 0.5) is 0 Å². The van der Waals surface area contributed by atoms with Crippen LogP contribution in [0.1, 0.15) is 25.0 Å². The van der Waals surface area contributed by atoms with Gasteiger partial charge in [0.25, 0.3) is 0 Å². The van der Waals surface area contributed by atoms with E-state index < -0.39 is 19.9 Å². The topological polar surface area (TPSA) is 61.8 Å². The fourth-order valence-electron chi connectivity index (χ4n) is 4.56. The Morgan fingerprint density at radius 3 is 1.85 bits per heavy atom. The van der Waals surface area contributed by atoms with Crippen molar-refractivity contribution in [1.29, 1.82) is 0 Å². The second-order valence-electron chi connectivity index (χ2n) is 7.88. The van der Waals surface area contributed by atoms with Crippen molar-refractivity contribution in [2.75, 3.05) is 21.3 Å². The molecule has 0 radical (unpaired) electrons. The minimum Gasteiger partial charge on any atom is -0.497 e. The average Bonchev–Trinajstić information content (AvgIpc) is 3.32. The van der Waals surface area contributed by atoms with Crippen molar-refractivity contribution < 1.29 is 23.8 Å². The quantitative estimate of drug-likeness (QED) is 0.299. The Balaban J connectivity index is 1.79. The van der Waals surface area contributed by atoms with Crippen molar-refractivity contribution in [3.8, 4) is 17.6 Å². The molecule has 2 unspecified atom stereocenters. The summed E-state index contributed by atoms with van der Waals surface area (Å²) in [5.41, 5.74) is 4.51. The molecule has 0 spiro atoms. The van der Waals surface area contributed by atoms with Gasteiger partial charge in [-0.25, -0.2) is 9.59 Å². The molecule has 168 valence electrons. The van der Waals surface area contributed by atoms with Crippen LogP contribution in [-0.4, -0.2) is 44.6 Å². The van der Waals surface area contributed by atoms with Crippen molar-refractivity contribution in [3.05, 3.63) is 82.0 Å². The van der Waals surface area contributed by atoms with E-state index in [4.69, 9.17) is 14.2 Å². The molecule has 0 N–H and O–H groups in total. The third kappa shape index (κ3) is 3.86. The zero-order valence-electron chi connectivity index (χ0n) is 19.3. The summed E-state index contributed by atoms with van der Waals surface area (Å²) >= 11 is 0. The van der Waals surface area contributed by atoms with Gasteiger partial charge in [-0.2, -0.15) is 0 Å². The van der Waals surface area contributed by atoms with Gasteiger partial charge in [0.15, 0.2) is 0 Å². The van der Waals surface area contributed by atoms with Crippen molar-refractivity contribution in [2.45, 2.75) is 25.2 Å². The summed E-state index contributed by atoms with van der Waals surface area (Å²) in [5, 5.41) is 1.07. The fraction of sp³-hybridized carbons (Fsp3) is 0.259. The Hall–Kier alpha value is -3.35. The normalized spacial score (nSPS) is 20.9. The first kappa shape index (κ1) is 22.8. The lowest BCUT2D eigenvalue weighted by atomic mass is 9.87. The van der Waals surface area contributed by atoms with E-state index in [2.05, 4.69) is 17.9 Å². The molecular formula is C27H25O5P. The number of esters is 2. The standard InChI is InChI=1S/C27H25O5P/c1-16-17(2)25-23(27(29)32-5)22(26(28)31-4)24(16)33(25)21-9-7-6-8-19(21)13-10-18-11-14-20(30-3)15-12-18/h6-9,11-12,14-15,24-25H,1-5H3. The first-order valence-corrected chi connectivity index (χ1v) is 12.0. The molecule has 2 atom stereocenters. The number of ether oxygens (including phenoxy) is 3. The van der Waals surface area contributed by atoms with Gasteiger partial charge in [-0.1, -0.05) is 41.2 Å². The zero-order chi connectivity index (χ0) is 23.7. The summed E-state index contributed by atoms with van der Waals surface area (Å²) in [6.45, 7) is 4.08. The summed E-state index contributed by atoms with van der Waals surface area (Å²) in [6, 6.07) is 15.6. The van der Waals surface area contributed by atoms with E-state index in [9.17, 15) is 9.59 Å². The number of rotatable bonds is 4. The molecule has 2 aliphatic rings. The van der Waals surface area contributed by atoms with Gasteiger partial charge < -0.3 is 14.2 Å². The van der Waals surface area contributed by atoms with Gasteiger partial charge in [0.05, 0.1) is 32.5 Å². The molecule has 2 aromatic rings. The Morgan fingerprint density at radius 1 is 0.788 bits per heavy atom. The fourth-order valence-corrected chi connectivity index (χ4v) is 8.37. The Bertz CT molecular complexity index is 1200. The summed E-state index contributed by atoms with van der Waals surface area (Å²) in [4.78, 5) is 25.5. The van der Waals surface area contributed by atoms with Crippen molar-refractivity contribution >= 4 is 25.2 Å². The van der Waals surface area contributed by atoms with Crippen molar-refractivity contribution in [1.82, 2.24) is 0 Å². The molecule has 0 aromatic heterocycles. The maximum Gasteiger partial charge on any atom is 0.335 e. The van der Waals surface area contributed by atoms with Crippen LogP contribution in [0, 0.1) is 11.8 Å². The molecule has 0 saturated heterocycles. The van der Waals surface area contributed by atoms with E-state index in [1.165, 1.54) is 14.2 Å². The number of hydrogen-bond donors (Lipinski definition) is 0. The van der Waals surface area contributed by atoms with Gasteiger partial charge in [0.1, 0.15) is 5.75 Å². The lowest BCUT2D eigenvalue weighted by Crippen LogP contribution is -2.24. The van der Waals surface area contributed by atoms with Crippen molar-refractivity contribution in [2.24, 2.45) is 0 Å². The highest BCUT2D eigenvalue weighted by molar-refractivity contribution is 7.69. The van der Waals surface area contributed by atoms with Crippen LogP contribution in [0.25, 0.3) is 0 Å². The summed E-state index contributed by atoms with van der Waals surface area (Å²) in [6.07, 6.45) is 0. The molecule has 2 heterocycles. The maximum absolute atomic E-state index is 12.8. The molecule has 0 fully saturated rings. The van der Waals surface area contributed by atoms with Gasteiger partial charge in [-0.05, 0) is 57.4 Å². The molecule has 2 aromatic carbocycles. The van der Waals surface area contributed by atoms with Crippen LogP contribution in [0.5, 0.6) is 5.75 Å². The number of methoxy groups -OCH3 is 3. The van der Waals surface area contributed by atoms with Crippen LogP contribution in [0.2, 0.25) is 0 Å². The van der Waals surface area contributed by atoms with E-state index in [0.29, 0.717) is 11.1 Å². The predicted molar refractivity (Wildman–Crippen MR) is 129 cm³/mol. The van der Waals surface area contributed by atoms with E-state index >= 15 is 0 Å². The largest absolute Gasteiger partial charge is 0.497 e. The minimum atomic E-state index is -0.967. The lowest BCUT2D eigenvalue weighted by Gasteiger charge is -2.22. The third-order valence-electron chi connectivity index (χ3n) is 6.26. The Kier molecular flexibility index (Phi) is 6.40. The number of hydrogen-bond acceptors (Lipinski definition) is 5. The van der Waals surface area contributed by atoms with E-state index in [0.717, 1.165) is 33.3 Å². The number of allylic oxidation sites excluding steroid dienone is 2. The zero-order valence-corrected chi connectivity index (χ0v) is 20.2. The molecule has 6 heteroatoms. The van der Waals surface area contributed by atoms with E-state index in [1.807, 2.05) is 56.3 Å².